The first kappa shape index (κ1) is 15.0. The normalized spacial score (nSPS) is 26.3. The molecule has 0 spiro atoms. The highest BCUT2D eigenvalue weighted by molar-refractivity contribution is 7.89. The number of sulfonamides is 1. The highest BCUT2D eigenvalue weighted by atomic mass is 32.2. The zero-order chi connectivity index (χ0) is 14.9. The van der Waals surface area contributed by atoms with Crippen LogP contribution in [0, 0.1) is 0 Å². The van der Waals surface area contributed by atoms with E-state index in [0.717, 1.165) is 37.7 Å². The van der Waals surface area contributed by atoms with Crippen molar-refractivity contribution in [2.75, 3.05) is 0 Å². The first-order valence-corrected chi connectivity index (χ1v) is 9.37. The largest absolute Gasteiger partial charge is 0.391 e. The van der Waals surface area contributed by atoms with Crippen molar-refractivity contribution in [3.05, 3.63) is 29.3 Å². The average Bonchev–Trinajstić information content (AvgIpc) is 2.49. The van der Waals surface area contributed by atoms with Gasteiger partial charge in [-0.05, 0) is 61.8 Å². The fourth-order valence-corrected chi connectivity index (χ4v) is 4.75. The summed E-state index contributed by atoms with van der Waals surface area (Å²) in [4.78, 5) is 0.334. The molecule has 116 valence electrons. The third-order valence-corrected chi connectivity index (χ3v) is 6.15. The highest BCUT2D eigenvalue weighted by Crippen LogP contribution is 2.25. The first-order chi connectivity index (χ1) is 10.1. The zero-order valence-corrected chi connectivity index (χ0v) is 13.0. The summed E-state index contributed by atoms with van der Waals surface area (Å²) in [6.45, 7) is 0. The maximum Gasteiger partial charge on any atom is 0.240 e. The van der Waals surface area contributed by atoms with E-state index in [0.29, 0.717) is 17.7 Å². The zero-order valence-electron chi connectivity index (χ0n) is 12.2. The van der Waals surface area contributed by atoms with Crippen LogP contribution in [0.1, 0.15) is 49.7 Å². The number of rotatable bonds is 3. The Hall–Kier alpha value is -0.910. The van der Waals surface area contributed by atoms with Gasteiger partial charge >= 0.3 is 0 Å². The standard InChI is InChI=1S/C16H23NO3S/c18-16-8-4-3-7-15(16)17-21(19,20)14-10-9-12-5-1-2-6-13(12)11-14/h9-11,15-18H,1-8H2/t15-,16-/m1/s1. The number of aryl methyl sites for hydroxylation is 2. The van der Waals surface area contributed by atoms with Gasteiger partial charge in [0.25, 0.3) is 0 Å². The molecule has 1 saturated carbocycles. The molecule has 0 radical (unpaired) electrons. The third kappa shape index (κ3) is 3.30. The fourth-order valence-electron chi connectivity index (χ4n) is 3.39. The van der Waals surface area contributed by atoms with Crippen LogP contribution in [0.2, 0.25) is 0 Å². The smallest absolute Gasteiger partial charge is 0.240 e. The van der Waals surface area contributed by atoms with Crippen molar-refractivity contribution >= 4 is 10.0 Å². The van der Waals surface area contributed by atoms with Crippen molar-refractivity contribution in [3.8, 4) is 0 Å². The lowest BCUT2D eigenvalue weighted by atomic mass is 9.92. The maximum absolute atomic E-state index is 12.5. The Morgan fingerprint density at radius 2 is 1.71 bits per heavy atom. The summed E-state index contributed by atoms with van der Waals surface area (Å²) in [6, 6.07) is 5.11. The van der Waals surface area contributed by atoms with Gasteiger partial charge in [-0.2, -0.15) is 0 Å². The molecular weight excluding hydrogens is 286 g/mol. The van der Waals surface area contributed by atoms with Gasteiger partial charge in [-0.15, -0.1) is 0 Å². The minimum absolute atomic E-state index is 0.334. The lowest BCUT2D eigenvalue weighted by Crippen LogP contribution is -2.44. The number of aliphatic hydroxyl groups is 1. The molecule has 3 rings (SSSR count). The van der Waals surface area contributed by atoms with E-state index in [4.69, 9.17) is 0 Å². The molecule has 2 aliphatic rings. The fraction of sp³-hybridized carbons (Fsp3) is 0.625. The number of nitrogens with one attached hydrogen (secondary N) is 1. The van der Waals surface area contributed by atoms with Crippen LogP contribution < -0.4 is 4.72 Å². The molecule has 0 bridgehead atoms. The summed E-state index contributed by atoms with van der Waals surface area (Å²) in [5, 5.41) is 9.94. The van der Waals surface area contributed by atoms with E-state index in [-0.39, 0.29) is 6.04 Å². The Morgan fingerprint density at radius 1 is 1.00 bits per heavy atom. The molecule has 0 heterocycles. The van der Waals surface area contributed by atoms with Crippen molar-refractivity contribution < 1.29 is 13.5 Å². The van der Waals surface area contributed by atoms with Crippen LogP contribution in [0.5, 0.6) is 0 Å². The predicted molar refractivity (Wildman–Crippen MR) is 81.7 cm³/mol. The molecule has 2 aliphatic carbocycles. The molecule has 5 heteroatoms. The van der Waals surface area contributed by atoms with Crippen LogP contribution in [-0.2, 0) is 22.9 Å². The molecule has 1 fully saturated rings. The van der Waals surface area contributed by atoms with Crippen LogP contribution in [-0.4, -0.2) is 25.7 Å². The van der Waals surface area contributed by atoms with E-state index in [1.54, 1.807) is 6.07 Å². The summed E-state index contributed by atoms with van der Waals surface area (Å²) < 4.78 is 27.7. The predicted octanol–water partition coefficient (Wildman–Crippen LogP) is 2.15. The quantitative estimate of drug-likeness (QED) is 0.899. The molecule has 1 aromatic carbocycles. The van der Waals surface area contributed by atoms with Gasteiger partial charge < -0.3 is 5.11 Å². The molecule has 0 unspecified atom stereocenters. The Kier molecular flexibility index (Phi) is 4.33. The number of aliphatic hydroxyl groups excluding tert-OH is 1. The Labute approximate surface area is 126 Å². The molecule has 0 aliphatic heterocycles. The van der Waals surface area contributed by atoms with Crippen LogP contribution in [0.15, 0.2) is 23.1 Å². The SMILES string of the molecule is O=S(=O)(N[C@@H]1CCCC[C@H]1O)c1ccc2c(c1)CCCC2. The molecule has 1 aromatic rings. The molecule has 0 amide bonds. The molecule has 0 saturated heterocycles. The van der Waals surface area contributed by atoms with Gasteiger partial charge in [-0.3, -0.25) is 0 Å². The Bertz CT molecular complexity index is 612. The van der Waals surface area contributed by atoms with E-state index in [1.807, 2.05) is 12.1 Å². The molecule has 2 atom stereocenters. The van der Waals surface area contributed by atoms with Crippen molar-refractivity contribution in [3.63, 3.8) is 0 Å². The number of hydrogen-bond donors (Lipinski definition) is 2. The number of fused-ring (bicyclic) bond motifs is 1. The monoisotopic (exact) mass is 309 g/mol. The lowest BCUT2D eigenvalue weighted by molar-refractivity contribution is 0.101. The van der Waals surface area contributed by atoms with E-state index in [2.05, 4.69) is 4.72 Å². The van der Waals surface area contributed by atoms with Crippen molar-refractivity contribution in [1.29, 1.82) is 0 Å². The van der Waals surface area contributed by atoms with Gasteiger partial charge in [0.1, 0.15) is 0 Å². The number of benzene rings is 1. The second-order valence-corrected chi connectivity index (χ2v) is 7.93. The van der Waals surface area contributed by atoms with E-state index in [1.165, 1.54) is 12.0 Å². The van der Waals surface area contributed by atoms with Gasteiger partial charge in [-0.1, -0.05) is 18.9 Å². The molecule has 4 nitrogen and oxygen atoms in total. The number of hydrogen-bond acceptors (Lipinski definition) is 3. The topological polar surface area (TPSA) is 66.4 Å². The van der Waals surface area contributed by atoms with E-state index < -0.39 is 16.1 Å². The van der Waals surface area contributed by atoms with Crippen LogP contribution in [0.25, 0.3) is 0 Å². The second kappa shape index (κ2) is 6.07. The Morgan fingerprint density at radius 3 is 2.48 bits per heavy atom. The van der Waals surface area contributed by atoms with Gasteiger partial charge in [0.2, 0.25) is 10.0 Å². The van der Waals surface area contributed by atoms with Gasteiger partial charge in [0.15, 0.2) is 0 Å². The summed E-state index contributed by atoms with van der Waals surface area (Å²) in [6.07, 6.45) is 7.09. The van der Waals surface area contributed by atoms with Gasteiger partial charge in [0, 0.05) is 6.04 Å². The molecule has 21 heavy (non-hydrogen) atoms. The van der Waals surface area contributed by atoms with Crippen molar-refractivity contribution in [2.24, 2.45) is 0 Å². The van der Waals surface area contributed by atoms with Crippen molar-refractivity contribution in [2.45, 2.75) is 68.4 Å². The minimum Gasteiger partial charge on any atom is -0.391 e. The molecule has 0 aromatic heterocycles. The maximum atomic E-state index is 12.5. The summed E-state index contributed by atoms with van der Waals surface area (Å²) >= 11 is 0. The summed E-state index contributed by atoms with van der Waals surface area (Å²) in [5.74, 6) is 0. The van der Waals surface area contributed by atoms with E-state index >= 15 is 0 Å². The summed E-state index contributed by atoms with van der Waals surface area (Å²) in [7, 11) is -3.54. The van der Waals surface area contributed by atoms with Gasteiger partial charge in [0.05, 0.1) is 11.0 Å². The van der Waals surface area contributed by atoms with Crippen LogP contribution in [0.4, 0.5) is 0 Å². The second-order valence-electron chi connectivity index (χ2n) is 6.22. The third-order valence-electron chi connectivity index (χ3n) is 4.67. The van der Waals surface area contributed by atoms with Gasteiger partial charge in [-0.25, -0.2) is 13.1 Å². The first-order valence-electron chi connectivity index (χ1n) is 7.88. The molecule has 2 N–H and O–H groups in total. The lowest BCUT2D eigenvalue weighted by Gasteiger charge is -2.28. The minimum atomic E-state index is -3.54. The van der Waals surface area contributed by atoms with Crippen LogP contribution >= 0.6 is 0 Å². The van der Waals surface area contributed by atoms with Crippen molar-refractivity contribution in [1.82, 2.24) is 4.72 Å². The summed E-state index contributed by atoms with van der Waals surface area (Å²) in [5.41, 5.74) is 2.44. The average molecular weight is 309 g/mol. The molecular formula is C16H23NO3S. The highest BCUT2D eigenvalue weighted by Gasteiger charge is 2.28. The van der Waals surface area contributed by atoms with E-state index in [9.17, 15) is 13.5 Å². The Balaban J connectivity index is 1.81. The van der Waals surface area contributed by atoms with Crippen LogP contribution in [0.3, 0.4) is 0 Å².